The van der Waals surface area contributed by atoms with Crippen molar-refractivity contribution in [2.45, 2.75) is 0 Å². The van der Waals surface area contributed by atoms with Crippen LogP contribution in [0.2, 0.25) is 0 Å². The molecule has 0 spiro atoms. The SMILES string of the molecule is Nc1cccnc1C(=O)c1ccsc1. The van der Waals surface area contributed by atoms with E-state index in [1.165, 1.54) is 11.3 Å². The van der Waals surface area contributed by atoms with Gasteiger partial charge in [-0.25, -0.2) is 0 Å². The van der Waals surface area contributed by atoms with Crippen LogP contribution in [0.4, 0.5) is 5.69 Å². The molecule has 0 amide bonds. The van der Waals surface area contributed by atoms with Crippen molar-refractivity contribution in [3.05, 3.63) is 46.4 Å². The maximum absolute atomic E-state index is 11.8. The standard InChI is InChI=1S/C10H8N2OS/c11-8-2-1-4-12-9(8)10(13)7-3-5-14-6-7/h1-6H,11H2. The fourth-order valence-electron chi connectivity index (χ4n) is 1.14. The molecular formula is C10H8N2OS. The topological polar surface area (TPSA) is 56.0 Å². The summed E-state index contributed by atoms with van der Waals surface area (Å²) in [5, 5.41) is 3.64. The molecule has 0 saturated carbocycles. The van der Waals surface area contributed by atoms with Crippen LogP contribution in [-0.2, 0) is 0 Å². The molecule has 0 aliphatic heterocycles. The van der Waals surface area contributed by atoms with E-state index in [1.807, 2.05) is 5.38 Å². The van der Waals surface area contributed by atoms with Crippen molar-refractivity contribution in [2.75, 3.05) is 5.73 Å². The number of aromatic nitrogens is 1. The predicted octanol–water partition coefficient (Wildman–Crippen LogP) is 1.96. The Morgan fingerprint density at radius 1 is 1.43 bits per heavy atom. The third-order valence-electron chi connectivity index (χ3n) is 1.84. The number of nitrogens with zero attached hydrogens (tertiary/aromatic N) is 1. The predicted molar refractivity (Wildman–Crippen MR) is 56.4 cm³/mol. The molecule has 2 heterocycles. The lowest BCUT2D eigenvalue weighted by molar-refractivity contribution is 0.103. The Bertz CT molecular complexity index is 451. The molecule has 2 rings (SSSR count). The highest BCUT2D eigenvalue weighted by Gasteiger charge is 2.13. The quantitative estimate of drug-likeness (QED) is 0.761. The number of hydrogen-bond acceptors (Lipinski definition) is 4. The summed E-state index contributed by atoms with van der Waals surface area (Å²) in [6.07, 6.45) is 1.57. The smallest absolute Gasteiger partial charge is 0.214 e. The fraction of sp³-hybridized carbons (Fsp3) is 0. The van der Waals surface area contributed by atoms with Gasteiger partial charge in [0.25, 0.3) is 0 Å². The second kappa shape index (κ2) is 3.59. The van der Waals surface area contributed by atoms with Gasteiger partial charge in [0, 0.05) is 17.1 Å². The van der Waals surface area contributed by atoms with Crippen molar-refractivity contribution in [3.8, 4) is 0 Å². The summed E-state index contributed by atoms with van der Waals surface area (Å²) >= 11 is 1.48. The molecule has 70 valence electrons. The van der Waals surface area contributed by atoms with Crippen molar-refractivity contribution >= 4 is 22.8 Å². The number of nitrogen functional groups attached to an aromatic ring is 1. The molecular weight excluding hydrogens is 196 g/mol. The Kier molecular flexibility index (Phi) is 2.28. The lowest BCUT2D eigenvalue weighted by Crippen LogP contribution is -2.06. The monoisotopic (exact) mass is 204 g/mol. The molecule has 2 N–H and O–H groups in total. The highest BCUT2D eigenvalue weighted by molar-refractivity contribution is 7.08. The minimum absolute atomic E-state index is 0.121. The van der Waals surface area contributed by atoms with E-state index < -0.39 is 0 Å². The first kappa shape index (κ1) is 8.90. The molecule has 0 bridgehead atoms. The van der Waals surface area contributed by atoms with E-state index >= 15 is 0 Å². The Morgan fingerprint density at radius 2 is 2.29 bits per heavy atom. The van der Waals surface area contributed by atoms with E-state index in [0.717, 1.165) is 0 Å². The molecule has 0 radical (unpaired) electrons. The van der Waals surface area contributed by atoms with Crippen LogP contribution in [0.3, 0.4) is 0 Å². The number of nitrogens with two attached hydrogens (primary N) is 1. The number of thiophene rings is 1. The van der Waals surface area contributed by atoms with Crippen LogP contribution in [-0.4, -0.2) is 10.8 Å². The molecule has 0 fully saturated rings. The molecule has 2 aromatic rings. The maximum Gasteiger partial charge on any atom is 0.214 e. The molecule has 0 aromatic carbocycles. The van der Waals surface area contributed by atoms with Crippen LogP contribution < -0.4 is 5.73 Å². The molecule has 0 aliphatic rings. The first-order valence-electron chi connectivity index (χ1n) is 4.06. The van der Waals surface area contributed by atoms with Crippen LogP contribution in [0.15, 0.2) is 35.2 Å². The first-order valence-corrected chi connectivity index (χ1v) is 5.00. The van der Waals surface area contributed by atoms with Crippen LogP contribution in [0.25, 0.3) is 0 Å². The number of rotatable bonds is 2. The van der Waals surface area contributed by atoms with Crippen LogP contribution >= 0.6 is 11.3 Å². The van der Waals surface area contributed by atoms with Gasteiger partial charge in [0.05, 0.1) is 5.69 Å². The summed E-state index contributed by atoms with van der Waals surface area (Å²) in [5.74, 6) is -0.121. The number of anilines is 1. The van der Waals surface area contributed by atoms with Gasteiger partial charge in [-0.15, -0.1) is 0 Å². The van der Waals surface area contributed by atoms with Gasteiger partial charge in [-0.05, 0) is 23.6 Å². The molecule has 0 unspecified atom stereocenters. The zero-order chi connectivity index (χ0) is 9.97. The number of ketones is 1. The first-order chi connectivity index (χ1) is 6.79. The summed E-state index contributed by atoms with van der Waals surface area (Å²) in [6, 6.07) is 5.15. The van der Waals surface area contributed by atoms with E-state index in [2.05, 4.69) is 4.98 Å². The van der Waals surface area contributed by atoms with Gasteiger partial charge in [0.15, 0.2) is 0 Å². The third-order valence-corrected chi connectivity index (χ3v) is 2.52. The van der Waals surface area contributed by atoms with E-state index in [4.69, 9.17) is 5.73 Å². The number of carbonyl (C=O) groups excluding carboxylic acids is 1. The van der Waals surface area contributed by atoms with Crippen molar-refractivity contribution in [2.24, 2.45) is 0 Å². The van der Waals surface area contributed by atoms with Gasteiger partial charge < -0.3 is 5.73 Å². The summed E-state index contributed by atoms with van der Waals surface area (Å²) in [7, 11) is 0. The second-order valence-electron chi connectivity index (χ2n) is 2.78. The summed E-state index contributed by atoms with van der Waals surface area (Å²) < 4.78 is 0. The molecule has 2 aromatic heterocycles. The molecule has 3 nitrogen and oxygen atoms in total. The van der Waals surface area contributed by atoms with Crippen molar-refractivity contribution in [3.63, 3.8) is 0 Å². The number of hydrogen-bond donors (Lipinski definition) is 1. The van der Waals surface area contributed by atoms with E-state index in [1.54, 1.807) is 29.8 Å². The number of pyridine rings is 1. The van der Waals surface area contributed by atoms with Gasteiger partial charge in [-0.2, -0.15) is 11.3 Å². The Balaban J connectivity index is 2.42. The second-order valence-corrected chi connectivity index (χ2v) is 3.56. The molecule has 0 atom stereocenters. The van der Waals surface area contributed by atoms with Crippen molar-refractivity contribution in [1.82, 2.24) is 4.98 Å². The Morgan fingerprint density at radius 3 is 2.93 bits per heavy atom. The van der Waals surface area contributed by atoms with Gasteiger partial charge in [-0.3, -0.25) is 9.78 Å². The van der Waals surface area contributed by atoms with Crippen molar-refractivity contribution in [1.29, 1.82) is 0 Å². The van der Waals surface area contributed by atoms with Crippen LogP contribution in [0.5, 0.6) is 0 Å². The summed E-state index contributed by atoms with van der Waals surface area (Å²) in [4.78, 5) is 15.8. The average molecular weight is 204 g/mol. The molecule has 14 heavy (non-hydrogen) atoms. The third kappa shape index (κ3) is 1.52. The summed E-state index contributed by atoms with van der Waals surface area (Å²) in [6.45, 7) is 0. The minimum atomic E-state index is -0.121. The van der Waals surface area contributed by atoms with Gasteiger partial charge in [0.2, 0.25) is 5.78 Å². The normalized spacial score (nSPS) is 10.0. The molecule has 0 saturated heterocycles. The molecule has 0 aliphatic carbocycles. The molecule has 4 heteroatoms. The fourth-order valence-corrected chi connectivity index (χ4v) is 1.77. The lowest BCUT2D eigenvalue weighted by atomic mass is 10.1. The zero-order valence-corrected chi connectivity index (χ0v) is 8.12. The minimum Gasteiger partial charge on any atom is -0.397 e. The van der Waals surface area contributed by atoms with Crippen LogP contribution in [0, 0.1) is 0 Å². The van der Waals surface area contributed by atoms with E-state index in [0.29, 0.717) is 16.9 Å². The van der Waals surface area contributed by atoms with Crippen molar-refractivity contribution < 1.29 is 4.79 Å². The van der Waals surface area contributed by atoms with Crippen LogP contribution in [0.1, 0.15) is 16.1 Å². The summed E-state index contributed by atoms with van der Waals surface area (Å²) in [5.41, 5.74) is 7.03. The average Bonchev–Trinajstić information content (AvgIpc) is 2.70. The Labute approximate surface area is 85.2 Å². The van der Waals surface area contributed by atoms with Gasteiger partial charge in [-0.1, -0.05) is 0 Å². The van der Waals surface area contributed by atoms with E-state index in [-0.39, 0.29) is 5.78 Å². The lowest BCUT2D eigenvalue weighted by Gasteiger charge is -2.00. The number of carbonyl (C=O) groups is 1. The highest BCUT2D eigenvalue weighted by Crippen LogP contribution is 2.15. The zero-order valence-electron chi connectivity index (χ0n) is 7.31. The maximum atomic E-state index is 11.8. The van der Waals surface area contributed by atoms with Gasteiger partial charge in [0.1, 0.15) is 5.69 Å². The largest absolute Gasteiger partial charge is 0.397 e. The highest BCUT2D eigenvalue weighted by atomic mass is 32.1. The van der Waals surface area contributed by atoms with Gasteiger partial charge >= 0.3 is 0 Å². The van der Waals surface area contributed by atoms with E-state index in [9.17, 15) is 4.79 Å². The Hall–Kier alpha value is -1.68.